The van der Waals surface area contributed by atoms with E-state index in [9.17, 15) is 4.79 Å². The lowest BCUT2D eigenvalue weighted by atomic mass is 10.0. The van der Waals surface area contributed by atoms with Crippen LogP contribution in [0.5, 0.6) is 5.75 Å². The molecule has 0 saturated heterocycles. The third-order valence-electron chi connectivity index (χ3n) is 4.23. The Bertz CT molecular complexity index is 984. The summed E-state index contributed by atoms with van der Waals surface area (Å²) in [4.78, 5) is 12.1. The highest BCUT2D eigenvalue weighted by molar-refractivity contribution is 5.92. The van der Waals surface area contributed by atoms with Gasteiger partial charge in [0.1, 0.15) is 5.75 Å². The molecule has 27 heavy (non-hydrogen) atoms. The molecule has 0 aromatic heterocycles. The standard InChI is InChI=1S/C23H20N2O2/c1-16-3-12-22(17(2)13-16)25-23(26)15-27-21-10-8-20(9-11-21)19-6-4-18(14-24)5-7-19/h3-13H,15H2,1-2H3,(H,25,26). The van der Waals surface area contributed by atoms with Gasteiger partial charge in [-0.05, 0) is 60.9 Å². The van der Waals surface area contributed by atoms with Crippen molar-refractivity contribution in [1.29, 1.82) is 5.26 Å². The summed E-state index contributed by atoms with van der Waals surface area (Å²) in [6.45, 7) is 3.93. The highest BCUT2D eigenvalue weighted by Gasteiger charge is 2.06. The molecule has 3 rings (SSSR count). The summed E-state index contributed by atoms with van der Waals surface area (Å²) in [6, 6.07) is 22.9. The zero-order chi connectivity index (χ0) is 19.2. The van der Waals surface area contributed by atoms with Crippen LogP contribution >= 0.6 is 0 Å². The van der Waals surface area contributed by atoms with Gasteiger partial charge in [0.05, 0.1) is 11.6 Å². The summed E-state index contributed by atoms with van der Waals surface area (Å²) in [7, 11) is 0. The van der Waals surface area contributed by atoms with Crippen LogP contribution in [0.25, 0.3) is 11.1 Å². The van der Waals surface area contributed by atoms with Crippen LogP contribution in [0.4, 0.5) is 5.69 Å². The monoisotopic (exact) mass is 356 g/mol. The van der Waals surface area contributed by atoms with Crippen molar-refractivity contribution in [2.45, 2.75) is 13.8 Å². The van der Waals surface area contributed by atoms with E-state index in [-0.39, 0.29) is 12.5 Å². The zero-order valence-electron chi connectivity index (χ0n) is 15.3. The van der Waals surface area contributed by atoms with Crippen molar-refractivity contribution < 1.29 is 9.53 Å². The molecule has 4 heteroatoms. The normalized spacial score (nSPS) is 10.1. The smallest absolute Gasteiger partial charge is 0.262 e. The number of nitrogens with zero attached hydrogens (tertiary/aromatic N) is 1. The van der Waals surface area contributed by atoms with Gasteiger partial charge >= 0.3 is 0 Å². The van der Waals surface area contributed by atoms with Crippen molar-refractivity contribution in [3.05, 3.63) is 83.4 Å². The van der Waals surface area contributed by atoms with Gasteiger partial charge in [-0.15, -0.1) is 0 Å². The lowest BCUT2D eigenvalue weighted by Crippen LogP contribution is -2.20. The van der Waals surface area contributed by atoms with Crippen LogP contribution in [0.2, 0.25) is 0 Å². The van der Waals surface area contributed by atoms with Gasteiger partial charge in [0.15, 0.2) is 6.61 Å². The van der Waals surface area contributed by atoms with Crippen molar-refractivity contribution >= 4 is 11.6 Å². The molecule has 0 aliphatic rings. The molecule has 134 valence electrons. The first-order valence-corrected chi connectivity index (χ1v) is 8.65. The number of nitriles is 1. The minimum Gasteiger partial charge on any atom is -0.484 e. The summed E-state index contributed by atoms with van der Waals surface area (Å²) in [6.07, 6.45) is 0. The molecule has 0 spiro atoms. The molecule has 3 aromatic carbocycles. The summed E-state index contributed by atoms with van der Waals surface area (Å²) in [5.74, 6) is 0.432. The summed E-state index contributed by atoms with van der Waals surface area (Å²) >= 11 is 0. The third-order valence-corrected chi connectivity index (χ3v) is 4.23. The van der Waals surface area contributed by atoms with Crippen LogP contribution in [-0.2, 0) is 4.79 Å². The number of amides is 1. The van der Waals surface area contributed by atoms with E-state index >= 15 is 0 Å². The second kappa shape index (κ2) is 8.20. The van der Waals surface area contributed by atoms with Gasteiger partial charge in [0, 0.05) is 5.69 Å². The van der Waals surface area contributed by atoms with Crippen LogP contribution in [0.1, 0.15) is 16.7 Å². The Morgan fingerprint density at radius 3 is 2.19 bits per heavy atom. The molecule has 0 aliphatic carbocycles. The summed E-state index contributed by atoms with van der Waals surface area (Å²) in [5.41, 5.74) is 5.65. The van der Waals surface area contributed by atoms with Crippen molar-refractivity contribution in [2.24, 2.45) is 0 Å². The Balaban J connectivity index is 1.58. The highest BCUT2D eigenvalue weighted by Crippen LogP contribution is 2.23. The number of benzene rings is 3. The average molecular weight is 356 g/mol. The molecule has 3 aromatic rings. The maximum atomic E-state index is 12.1. The van der Waals surface area contributed by atoms with E-state index in [1.54, 1.807) is 12.1 Å². The van der Waals surface area contributed by atoms with E-state index in [0.29, 0.717) is 11.3 Å². The Kier molecular flexibility index (Phi) is 5.53. The van der Waals surface area contributed by atoms with E-state index < -0.39 is 0 Å². The van der Waals surface area contributed by atoms with Crippen molar-refractivity contribution in [2.75, 3.05) is 11.9 Å². The number of hydrogen-bond acceptors (Lipinski definition) is 3. The zero-order valence-corrected chi connectivity index (χ0v) is 15.3. The van der Waals surface area contributed by atoms with Gasteiger partial charge < -0.3 is 10.1 Å². The Morgan fingerprint density at radius 2 is 1.59 bits per heavy atom. The van der Waals surface area contributed by atoms with Crippen LogP contribution in [-0.4, -0.2) is 12.5 Å². The molecule has 0 bridgehead atoms. The number of ether oxygens (including phenoxy) is 1. The molecular formula is C23H20N2O2. The van der Waals surface area contributed by atoms with E-state index in [4.69, 9.17) is 10.00 Å². The van der Waals surface area contributed by atoms with Crippen LogP contribution < -0.4 is 10.1 Å². The predicted octanol–water partition coefficient (Wildman–Crippen LogP) is 4.86. The maximum absolute atomic E-state index is 12.1. The van der Waals surface area contributed by atoms with Gasteiger partial charge in [-0.1, -0.05) is 42.0 Å². The molecule has 0 aliphatic heterocycles. The largest absolute Gasteiger partial charge is 0.484 e. The molecular weight excluding hydrogens is 336 g/mol. The number of carbonyl (C=O) groups excluding carboxylic acids is 1. The molecule has 1 amide bonds. The topological polar surface area (TPSA) is 62.1 Å². The Hall–Kier alpha value is -3.58. The summed E-state index contributed by atoms with van der Waals surface area (Å²) in [5, 5.41) is 11.7. The van der Waals surface area contributed by atoms with E-state index in [1.165, 1.54) is 0 Å². The number of carbonyl (C=O) groups is 1. The third kappa shape index (κ3) is 4.74. The van der Waals surface area contributed by atoms with Crippen molar-refractivity contribution in [1.82, 2.24) is 0 Å². The number of rotatable bonds is 5. The van der Waals surface area contributed by atoms with Crippen LogP contribution in [0.15, 0.2) is 66.7 Å². The first-order valence-electron chi connectivity index (χ1n) is 8.65. The van der Waals surface area contributed by atoms with Crippen molar-refractivity contribution in [3.63, 3.8) is 0 Å². The fraction of sp³-hybridized carbons (Fsp3) is 0.130. The first-order chi connectivity index (χ1) is 13.0. The molecule has 0 heterocycles. The maximum Gasteiger partial charge on any atom is 0.262 e. The first kappa shape index (κ1) is 18.2. The van der Waals surface area contributed by atoms with Gasteiger partial charge in [-0.2, -0.15) is 5.26 Å². The van der Waals surface area contributed by atoms with Crippen molar-refractivity contribution in [3.8, 4) is 22.9 Å². The van der Waals surface area contributed by atoms with Gasteiger partial charge in [0.2, 0.25) is 0 Å². The number of hydrogen-bond donors (Lipinski definition) is 1. The van der Waals surface area contributed by atoms with E-state index in [2.05, 4.69) is 11.4 Å². The Morgan fingerprint density at radius 1 is 0.963 bits per heavy atom. The minimum absolute atomic E-state index is 0.0521. The lowest BCUT2D eigenvalue weighted by molar-refractivity contribution is -0.118. The fourth-order valence-corrected chi connectivity index (χ4v) is 2.77. The quantitative estimate of drug-likeness (QED) is 0.710. The SMILES string of the molecule is Cc1ccc(NC(=O)COc2ccc(-c3ccc(C#N)cc3)cc2)c(C)c1. The highest BCUT2D eigenvalue weighted by atomic mass is 16.5. The Labute approximate surface area is 159 Å². The predicted molar refractivity (Wildman–Crippen MR) is 107 cm³/mol. The molecule has 4 nitrogen and oxygen atoms in total. The number of aryl methyl sites for hydroxylation is 2. The van der Waals surface area contributed by atoms with Crippen LogP contribution in [0, 0.1) is 25.2 Å². The van der Waals surface area contributed by atoms with Crippen LogP contribution in [0.3, 0.4) is 0 Å². The molecule has 0 atom stereocenters. The average Bonchev–Trinajstić information content (AvgIpc) is 2.69. The van der Waals surface area contributed by atoms with Gasteiger partial charge in [-0.3, -0.25) is 4.79 Å². The van der Waals surface area contributed by atoms with Gasteiger partial charge in [0.25, 0.3) is 5.91 Å². The number of anilines is 1. The summed E-state index contributed by atoms with van der Waals surface area (Å²) < 4.78 is 5.58. The molecule has 1 N–H and O–H groups in total. The van der Waals surface area contributed by atoms with Gasteiger partial charge in [-0.25, -0.2) is 0 Å². The number of nitrogens with one attached hydrogen (secondary N) is 1. The van der Waals surface area contributed by atoms with E-state index in [0.717, 1.165) is 27.9 Å². The second-order valence-corrected chi connectivity index (χ2v) is 6.37. The second-order valence-electron chi connectivity index (χ2n) is 6.37. The molecule has 0 unspecified atom stereocenters. The molecule has 0 radical (unpaired) electrons. The van der Waals surface area contributed by atoms with E-state index in [1.807, 2.05) is 68.4 Å². The fourth-order valence-electron chi connectivity index (χ4n) is 2.77. The minimum atomic E-state index is -0.196. The lowest BCUT2D eigenvalue weighted by Gasteiger charge is -2.10. The molecule has 0 saturated carbocycles. The molecule has 0 fully saturated rings.